The molecule has 3 nitrogen and oxygen atoms in total. The van der Waals surface area contributed by atoms with E-state index in [1.165, 1.54) is 17.7 Å². The largest absolute Gasteiger partial charge is 0.508 e. The van der Waals surface area contributed by atoms with Gasteiger partial charge in [0.2, 0.25) is 0 Å². The number of phenolic OH excluding ortho intramolecular Hbond substituents is 1. The van der Waals surface area contributed by atoms with Gasteiger partial charge in [0.05, 0.1) is 0 Å². The quantitative estimate of drug-likeness (QED) is 0.916. The summed E-state index contributed by atoms with van der Waals surface area (Å²) < 4.78 is 0. The van der Waals surface area contributed by atoms with E-state index in [1.54, 1.807) is 6.07 Å². The van der Waals surface area contributed by atoms with Crippen molar-refractivity contribution in [3.8, 4) is 5.75 Å². The number of phenols is 1. The van der Waals surface area contributed by atoms with Crippen molar-refractivity contribution in [2.45, 2.75) is 13.0 Å². The lowest BCUT2D eigenvalue weighted by atomic mass is 10.1. The van der Waals surface area contributed by atoms with Crippen LogP contribution in [0.1, 0.15) is 12.0 Å². The SMILES string of the molecule is CN(Cc1cccc(O)c1)C[C@@H]1CCN(c2ccccc2)C1. The van der Waals surface area contributed by atoms with Crippen LogP contribution in [0.25, 0.3) is 0 Å². The van der Waals surface area contributed by atoms with Crippen molar-refractivity contribution >= 4 is 5.69 Å². The zero-order valence-electron chi connectivity index (χ0n) is 13.2. The predicted octanol–water partition coefficient (Wildman–Crippen LogP) is 3.35. The smallest absolute Gasteiger partial charge is 0.115 e. The van der Waals surface area contributed by atoms with Crippen molar-refractivity contribution in [3.05, 3.63) is 60.2 Å². The molecule has 1 heterocycles. The van der Waals surface area contributed by atoms with E-state index in [9.17, 15) is 5.11 Å². The number of aromatic hydroxyl groups is 1. The van der Waals surface area contributed by atoms with E-state index < -0.39 is 0 Å². The van der Waals surface area contributed by atoms with Crippen molar-refractivity contribution < 1.29 is 5.11 Å². The van der Waals surface area contributed by atoms with Crippen molar-refractivity contribution in [2.24, 2.45) is 5.92 Å². The van der Waals surface area contributed by atoms with E-state index in [0.717, 1.165) is 26.2 Å². The lowest BCUT2D eigenvalue weighted by Crippen LogP contribution is -2.28. The van der Waals surface area contributed by atoms with Gasteiger partial charge in [-0.15, -0.1) is 0 Å². The van der Waals surface area contributed by atoms with Crippen LogP contribution in [0.5, 0.6) is 5.75 Å². The Bertz CT molecular complexity index is 599. The summed E-state index contributed by atoms with van der Waals surface area (Å²) in [5.74, 6) is 1.06. The van der Waals surface area contributed by atoms with Crippen LogP contribution in [0.15, 0.2) is 54.6 Å². The summed E-state index contributed by atoms with van der Waals surface area (Å²) in [7, 11) is 2.16. The van der Waals surface area contributed by atoms with Gasteiger partial charge in [-0.1, -0.05) is 30.3 Å². The van der Waals surface area contributed by atoms with Crippen LogP contribution >= 0.6 is 0 Å². The lowest BCUT2D eigenvalue weighted by molar-refractivity contribution is 0.279. The van der Waals surface area contributed by atoms with Crippen molar-refractivity contribution in [3.63, 3.8) is 0 Å². The first kappa shape index (κ1) is 14.9. The number of hydrogen-bond acceptors (Lipinski definition) is 3. The monoisotopic (exact) mass is 296 g/mol. The maximum atomic E-state index is 9.55. The summed E-state index contributed by atoms with van der Waals surface area (Å²) in [5, 5.41) is 9.55. The summed E-state index contributed by atoms with van der Waals surface area (Å²) in [6, 6.07) is 18.2. The van der Waals surface area contributed by atoms with Crippen molar-refractivity contribution in [2.75, 3.05) is 31.6 Å². The van der Waals surface area contributed by atoms with E-state index in [1.807, 2.05) is 12.1 Å². The van der Waals surface area contributed by atoms with Crippen LogP contribution in [-0.4, -0.2) is 36.7 Å². The highest BCUT2D eigenvalue weighted by molar-refractivity contribution is 5.46. The molecule has 0 amide bonds. The zero-order valence-corrected chi connectivity index (χ0v) is 13.2. The second-order valence-electron chi connectivity index (χ2n) is 6.30. The fraction of sp³-hybridized carbons (Fsp3) is 0.368. The Morgan fingerprint density at radius 2 is 1.95 bits per heavy atom. The van der Waals surface area contributed by atoms with Gasteiger partial charge in [0.1, 0.15) is 5.75 Å². The Morgan fingerprint density at radius 3 is 2.73 bits per heavy atom. The second-order valence-corrected chi connectivity index (χ2v) is 6.30. The van der Waals surface area contributed by atoms with E-state index in [2.05, 4.69) is 53.2 Å². The van der Waals surface area contributed by atoms with Crippen LogP contribution in [0, 0.1) is 5.92 Å². The van der Waals surface area contributed by atoms with E-state index in [0.29, 0.717) is 11.7 Å². The van der Waals surface area contributed by atoms with Crippen LogP contribution in [0.3, 0.4) is 0 Å². The molecule has 0 radical (unpaired) electrons. The van der Waals surface area contributed by atoms with Gasteiger partial charge in [-0.05, 0) is 49.2 Å². The van der Waals surface area contributed by atoms with Crippen molar-refractivity contribution in [1.82, 2.24) is 4.90 Å². The standard InChI is InChI=1S/C19H24N2O/c1-20(13-16-6-5-9-19(22)12-16)14-17-10-11-21(15-17)18-7-3-2-4-8-18/h2-9,12,17,22H,10-11,13-15H2,1H3/t17-/m0/s1. The van der Waals surface area contributed by atoms with Gasteiger partial charge >= 0.3 is 0 Å². The first-order valence-corrected chi connectivity index (χ1v) is 7.97. The highest BCUT2D eigenvalue weighted by Crippen LogP contribution is 2.24. The summed E-state index contributed by atoms with van der Waals surface area (Å²) in [5.41, 5.74) is 2.50. The summed E-state index contributed by atoms with van der Waals surface area (Å²) in [4.78, 5) is 4.83. The molecule has 3 heteroatoms. The maximum absolute atomic E-state index is 9.55. The Morgan fingerprint density at radius 1 is 1.14 bits per heavy atom. The van der Waals surface area contributed by atoms with E-state index in [4.69, 9.17) is 0 Å². The Hall–Kier alpha value is -2.00. The van der Waals surface area contributed by atoms with Gasteiger partial charge in [0.25, 0.3) is 0 Å². The molecule has 1 N–H and O–H groups in total. The van der Waals surface area contributed by atoms with Gasteiger partial charge < -0.3 is 14.9 Å². The maximum Gasteiger partial charge on any atom is 0.115 e. The van der Waals surface area contributed by atoms with Crippen LogP contribution < -0.4 is 4.90 Å². The van der Waals surface area contributed by atoms with Gasteiger partial charge in [0.15, 0.2) is 0 Å². The molecular weight excluding hydrogens is 272 g/mol. The van der Waals surface area contributed by atoms with Gasteiger partial charge in [-0.3, -0.25) is 0 Å². The van der Waals surface area contributed by atoms with Gasteiger partial charge in [-0.25, -0.2) is 0 Å². The number of benzene rings is 2. The molecule has 1 aliphatic rings. The summed E-state index contributed by atoms with van der Waals surface area (Å²) >= 11 is 0. The number of anilines is 1. The molecule has 2 aromatic rings. The minimum absolute atomic E-state index is 0.349. The fourth-order valence-corrected chi connectivity index (χ4v) is 3.33. The molecule has 116 valence electrons. The minimum Gasteiger partial charge on any atom is -0.508 e. The van der Waals surface area contributed by atoms with E-state index in [-0.39, 0.29) is 0 Å². The summed E-state index contributed by atoms with van der Waals surface area (Å²) in [6.07, 6.45) is 1.25. The molecule has 3 rings (SSSR count). The third-order valence-corrected chi connectivity index (χ3v) is 4.34. The molecule has 1 atom stereocenters. The summed E-state index contributed by atoms with van der Waals surface area (Å²) in [6.45, 7) is 4.26. The molecule has 0 spiro atoms. The Kier molecular flexibility index (Phi) is 4.64. The average Bonchev–Trinajstić information content (AvgIpc) is 2.96. The molecule has 0 aliphatic carbocycles. The van der Waals surface area contributed by atoms with Crippen LogP contribution in [0.2, 0.25) is 0 Å². The number of rotatable bonds is 5. The number of hydrogen-bond donors (Lipinski definition) is 1. The molecule has 0 saturated carbocycles. The number of para-hydroxylation sites is 1. The van der Waals surface area contributed by atoms with Crippen LogP contribution in [0.4, 0.5) is 5.69 Å². The molecule has 0 aromatic heterocycles. The lowest BCUT2D eigenvalue weighted by Gasteiger charge is -2.22. The first-order valence-electron chi connectivity index (χ1n) is 7.97. The third-order valence-electron chi connectivity index (χ3n) is 4.34. The molecule has 1 saturated heterocycles. The molecule has 0 unspecified atom stereocenters. The minimum atomic E-state index is 0.349. The molecule has 1 fully saturated rings. The van der Waals surface area contributed by atoms with Gasteiger partial charge in [-0.2, -0.15) is 0 Å². The zero-order chi connectivity index (χ0) is 15.4. The molecule has 0 bridgehead atoms. The molecule has 1 aliphatic heterocycles. The molecular formula is C19H24N2O. The number of nitrogens with zero attached hydrogens (tertiary/aromatic N) is 2. The fourth-order valence-electron chi connectivity index (χ4n) is 3.33. The van der Waals surface area contributed by atoms with E-state index >= 15 is 0 Å². The molecule has 22 heavy (non-hydrogen) atoms. The predicted molar refractivity (Wildman–Crippen MR) is 91.2 cm³/mol. The average molecular weight is 296 g/mol. The van der Waals surface area contributed by atoms with Crippen molar-refractivity contribution in [1.29, 1.82) is 0 Å². The van der Waals surface area contributed by atoms with Crippen LogP contribution in [-0.2, 0) is 6.54 Å². The second kappa shape index (κ2) is 6.84. The molecule has 2 aromatic carbocycles. The highest BCUT2D eigenvalue weighted by atomic mass is 16.3. The van der Waals surface area contributed by atoms with Gasteiger partial charge in [0, 0.05) is 31.9 Å². The first-order chi connectivity index (χ1) is 10.7. The highest BCUT2D eigenvalue weighted by Gasteiger charge is 2.23. The Labute approximate surface area is 132 Å². The topological polar surface area (TPSA) is 26.7 Å². The third kappa shape index (κ3) is 3.80. The Balaban J connectivity index is 1.51. The normalized spacial score (nSPS) is 18.1.